The van der Waals surface area contributed by atoms with Gasteiger partial charge < -0.3 is 10.1 Å². The van der Waals surface area contributed by atoms with Crippen molar-refractivity contribution in [2.45, 2.75) is 24.6 Å². The zero-order valence-corrected chi connectivity index (χ0v) is 8.57. The van der Waals surface area contributed by atoms with Gasteiger partial charge >= 0.3 is 0 Å². The van der Waals surface area contributed by atoms with E-state index in [-0.39, 0.29) is 0 Å². The van der Waals surface area contributed by atoms with Crippen molar-refractivity contribution in [1.82, 2.24) is 5.32 Å². The summed E-state index contributed by atoms with van der Waals surface area (Å²) in [6, 6.07) is 0. The van der Waals surface area contributed by atoms with E-state index in [4.69, 9.17) is 4.74 Å². The topological polar surface area (TPSA) is 21.3 Å². The van der Waals surface area contributed by atoms with Crippen LogP contribution in [0.25, 0.3) is 0 Å². The Hall–Kier alpha value is -0.180. The Morgan fingerprint density at radius 1 is 1.73 bits per heavy atom. The van der Waals surface area contributed by atoms with E-state index in [2.05, 4.69) is 28.2 Å². The number of nitrogens with one attached hydrogen (secondary N) is 1. The molecule has 0 spiro atoms. The zero-order chi connectivity index (χ0) is 8.27. The summed E-state index contributed by atoms with van der Waals surface area (Å²) in [6.07, 6.45) is 2.17. The molecule has 1 aliphatic heterocycles. The van der Waals surface area contributed by atoms with Crippen molar-refractivity contribution in [3.63, 3.8) is 0 Å². The second-order valence-corrected chi connectivity index (χ2v) is 3.97. The molecule has 1 N–H and O–H groups in total. The molecule has 3 heteroatoms. The Morgan fingerprint density at radius 3 is 3.00 bits per heavy atom. The van der Waals surface area contributed by atoms with Crippen molar-refractivity contribution in [2.75, 3.05) is 13.7 Å². The van der Waals surface area contributed by atoms with Gasteiger partial charge in [-0.2, -0.15) is 0 Å². The average Bonchev–Trinajstić information content (AvgIpc) is 2.04. The van der Waals surface area contributed by atoms with Crippen LogP contribution in [0.3, 0.4) is 0 Å². The molecule has 0 bridgehead atoms. The van der Waals surface area contributed by atoms with E-state index >= 15 is 0 Å². The number of methoxy groups -OCH3 is 1. The van der Waals surface area contributed by atoms with Crippen LogP contribution < -0.4 is 5.32 Å². The normalized spacial score (nSPS) is 24.8. The Labute approximate surface area is 76.1 Å². The highest BCUT2D eigenvalue weighted by atomic mass is 79.9. The molecule has 0 aromatic carbocycles. The Kier molecular flexibility index (Phi) is 3.24. The molecular weight excluding hydrogens is 206 g/mol. The van der Waals surface area contributed by atoms with Crippen molar-refractivity contribution in [3.05, 3.63) is 11.5 Å². The summed E-state index contributed by atoms with van der Waals surface area (Å²) in [5.41, 5.74) is 1.38. The summed E-state index contributed by atoms with van der Waals surface area (Å²) in [6.45, 7) is 3.12. The van der Waals surface area contributed by atoms with Crippen LogP contribution in [0.2, 0.25) is 0 Å². The van der Waals surface area contributed by atoms with Crippen LogP contribution in [0.5, 0.6) is 0 Å². The molecule has 1 rings (SSSR count). The molecule has 1 aliphatic rings. The maximum absolute atomic E-state index is 5.19. The predicted molar refractivity (Wildman–Crippen MR) is 49.7 cm³/mol. The van der Waals surface area contributed by atoms with Crippen molar-refractivity contribution in [2.24, 2.45) is 0 Å². The molecule has 1 heterocycles. The highest BCUT2D eigenvalue weighted by molar-refractivity contribution is 9.09. The number of allylic oxidation sites excluding steroid dienone is 1. The quantitative estimate of drug-likeness (QED) is 0.718. The highest BCUT2D eigenvalue weighted by Crippen LogP contribution is 2.22. The molecule has 0 aliphatic carbocycles. The summed E-state index contributed by atoms with van der Waals surface area (Å²) >= 11 is 3.57. The van der Waals surface area contributed by atoms with Gasteiger partial charge in [-0.1, -0.05) is 22.9 Å². The summed E-state index contributed by atoms with van der Waals surface area (Å²) in [5, 5.41) is 3.23. The molecule has 0 saturated carbocycles. The van der Waals surface area contributed by atoms with E-state index in [9.17, 15) is 0 Å². The van der Waals surface area contributed by atoms with Gasteiger partial charge in [-0.25, -0.2) is 0 Å². The van der Waals surface area contributed by atoms with Crippen LogP contribution in [-0.4, -0.2) is 18.5 Å². The Morgan fingerprint density at radius 2 is 2.45 bits per heavy atom. The van der Waals surface area contributed by atoms with Gasteiger partial charge in [0.1, 0.15) is 0 Å². The molecule has 1 unspecified atom stereocenters. The molecule has 2 nitrogen and oxygen atoms in total. The fourth-order valence-electron chi connectivity index (χ4n) is 1.28. The number of ether oxygens (including phenoxy) is 1. The summed E-state index contributed by atoms with van der Waals surface area (Å²) in [4.78, 5) is 0.566. The molecule has 0 aromatic heterocycles. The Bertz CT molecular complexity index is 167. The standard InChI is InChI=1S/C8H14BrNO/c1-3-6-4-7(9)5-10-8(6)11-2/h7,10H,3-5H2,1-2H3. The van der Waals surface area contributed by atoms with E-state index in [1.807, 2.05) is 0 Å². The van der Waals surface area contributed by atoms with Crippen molar-refractivity contribution < 1.29 is 4.74 Å². The highest BCUT2D eigenvalue weighted by Gasteiger charge is 2.17. The first kappa shape index (κ1) is 8.91. The second-order valence-electron chi connectivity index (χ2n) is 2.67. The van der Waals surface area contributed by atoms with Gasteiger partial charge in [0.05, 0.1) is 7.11 Å². The molecule has 64 valence electrons. The van der Waals surface area contributed by atoms with Crippen LogP contribution in [-0.2, 0) is 4.74 Å². The van der Waals surface area contributed by atoms with Gasteiger partial charge in [0, 0.05) is 11.4 Å². The van der Waals surface area contributed by atoms with Crippen molar-refractivity contribution in [3.8, 4) is 0 Å². The second kappa shape index (κ2) is 4.00. The number of hydrogen-bond donors (Lipinski definition) is 1. The van der Waals surface area contributed by atoms with Crippen LogP contribution in [0.15, 0.2) is 11.5 Å². The van der Waals surface area contributed by atoms with Gasteiger partial charge in [-0.15, -0.1) is 0 Å². The maximum atomic E-state index is 5.19. The van der Waals surface area contributed by atoms with Gasteiger partial charge in [0.15, 0.2) is 5.88 Å². The summed E-state index contributed by atoms with van der Waals surface area (Å²) in [5.74, 6) is 0.975. The molecule has 0 aromatic rings. The zero-order valence-electron chi connectivity index (χ0n) is 6.98. The van der Waals surface area contributed by atoms with Gasteiger partial charge in [0.25, 0.3) is 0 Å². The number of rotatable bonds is 2. The van der Waals surface area contributed by atoms with E-state index in [1.54, 1.807) is 7.11 Å². The third-order valence-corrected chi connectivity index (χ3v) is 2.55. The minimum absolute atomic E-state index is 0.566. The minimum Gasteiger partial charge on any atom is -0.483 e. The third kappa shape index (κ3) is 2.12. The fourth-order valence-corrected chi connectivity index (χ4v) is 1.83. The van der Waals surface area contributed by atoms with E-state index in [0.29, 0.717) is 4.83 Å². The van der Waals surface area contributed by atoms with E-state index in [1.165, 1.54) is 5.57 Å². The Balaban J connectivity index is 2.67. The summed E-state index contributed by atoms with van der Waals surface area (Å²) < 4.78 is 5.19. The van der Waals surface area contributed by atoms with Crippen molar-refractivity contribution in [1.29, 1.82) is 0 Å². The largest absolute Gasteiger partial charge is 0.483 e. The first-order valence-corrected chi connectivity index (χ1v) is 4.83. The minimum atomic E-state index is 0.566. The molecule has 1 atom stereocenters. The smallest absolute Gasteiger partial charge is 0.185 e. The lowest BCUT2D eigenvalue weighted by molar-refractivity contribution is 0.247. The molecule has 0 radical (unpaired) electrons. The van der Waals surface area contributed by atoms with E-state index < -0.39 is 0 Å². The number of alkyl halides is 1. The van der Waals surface area contributed by atoms with Crippen molar-refractivity contribution >= 4 is 15.9 Å². The molecule has 0 amide bonds. The molecular formula is C8H14BrNO. The lowest BCUT2D eigenvalue weighted by atomic mass is 10.1. The van der Waals surface area contributed by atoms with Gasteiger partial charge in [-0.05, 0) is 18.4 Å². The fraction of sp³-hybridized carbons (Fsp3) is 0.750. The first-order chi connectivity index (χ1) is 5.27. The summed E-state index contributed by atoms with van der Waals surface area (Å²) in [7, 11) is 1.71. The van der Waals surface area contributed by atoms with Gasteiger partial charge in [-0.3, -0.25) is 0 Å². The van der Waals surface area contributed by atoms with Crippen LogP contribution >= 0.6 is 15.9 Å². The third-order valence-electron chi connectivity index (χ3n) is 1.90. The SMILES string of the molecule is CCC1=C(OC)NCC(Br)C1. The maximum Gasteiger partial charge on any atom is 0.185 e. The average molecular weight is 220 g/mol. The lowest BCUT2D eigenvalue weighted by Crippen LogP contribution is -2.30. The number of hydrogen-bond acceptors (Lipinski definition) is 2. The van der Waals surface area contributed by atoms with Gasteiger partial charge in [0.2, 0.25) is 0 Å². The molecule has 0 saturated heterocycles. The first-order valence-electron chi connectivity index (χ1n) is 3.91. The van der Waals surface area contributed by atoms with Crippen LogP contribution in [0.4, 0.5) is 0 Å². The monoisotopic (exact) mass is 219 g/mol. The number of halogens is 1. The van der Waals surface area contributed by atoms with Crippen LogP contribution in [0, 0.1) is 0 Å². The molecule has 11 heavy (non-hydrogen) atoms. The van der Waals surface area contributed by atoms with E-state index in [0.717, 1.165) is 25.3 Å². The lowest BCUT2D eigenvalue weighted by Gasteiger charge is -2.23. The molecule has 0 fully saturated rings. The predicted octanol–water partition coefficient (Wildman–Crippen LogP) is 2.01. The van der Waals surface area contributed by atoms with Crippen LogP contribution in [0.1, 0.15) is 19.8 Å².